The third kappa shape index (κ3) is 4.83. The molecule has 1 heterocycles. The summed E-state index contributed by atoms with van der Waals surface area (Å²) >= 11 is 4.93. The number of hydrogen-bond donors (Lipinski definition) is 0. The van der Waals surface area contributed by atoms with Gasteiger partial charge in [0.25, 0.3) is 0 Å². The van der Waals surface area contributed by atoms with Crippen molar-refractivity contribution in [2.24, 2.45) is 10.2 Å². The summed E-state index contributed by atoms with van der Waals surface area (Å²) in [4.78, 5) is 14.5. The molecule has 0 saturated carbocycles. The minimum Gasteiger partial charge on any atom is -0.284 e. The average Bonchev–Trinajstić information content (AvgIpc) is 2.94. The molecule has 1 atom stereocenters. The van der Waals surface area contributed by atoms with Gasteiger partial charge in [0.2, 0.25) is 5.91 Å². The Morgan fingerprint density at radius 1 is 1.15 bits per heavy atom. The Morgan fingerprint density at radius 3 is 2.58 bits per heavy atom. The van der Waals surface area contributed by atoms with E-state index in [1.807, 2.05) is 54.6 Å². The fraction of sp³-hybridized carbons (Fsp3) is 0.250. The zero-order valence-electron chi connectivity index (χ0n) is 14.5. The van der Waals surface area contributed by atoms with Crippen LogP contribution in [0.2, 0.25) is 0 Å². The van der Waals surface area contributed by atoms with Crippen molar-refractivity contribution >= 4 is 45.0 Å². The van der Waals surface area contributed by atoms with Gasteiger partial charge >= 0.3 is 0 Å². The Balaban J connectivity index is 1.79. The smallest absolute Gasteiger partial charge is 0.242 e. The van der Waals surface area contributed by atoms with E-state index in [0.29, 0.717) is 11.7 Å². The molecular weight excluding hydrogens is 410 g/mol. The molecule has 134 valence electrons. The topological polar surface area (TPSA) is 45.0 Å². The molecule has 1 amide bonds. The second kappa shape index (κ2) is 9.14. The van der Waals surface area contributed by atoms with Crippen LogP contribution in [0.15, 0.2) is 69.3 Å². The molecule has 4 nitrogen and oxygen atoms in total. The average molecular weight is 430 g/mol. The number of carbonyl (C=O) groups is 1. The monoisotopic (exact) mass is 429 g/mol. The zero-order valence-corrected chi connectivity index (χ0v) is 16.9. The van der Waals surface area contributed by atoms with E-state index in [1.54, 1.807) is 11.1 Å². The van der Waals surface area contributed by atoms with E-state index in [9.17, 15) is 4.79 Å². The number of halogens is 1. The van der Waals surface area contributed by atoms with E-state index in [1.165, 1.54) is 11.8 Å². The molecule has 2 aromatic carbocycles. The van der Waals surface area contributed by atoms with Gasteiger partial charge in [-0.2, -0.15) is 5.10 Å². The molecule has 1 aliphatic heterocycles. The van der Waals surface area contributed by atoms with E-state index in [-0.39, 0.29) is 11.2 Å². The Bertz CT molecular complexity index is 806. The van der Waals surface area contributed by atoms with Crippen molar-refractivity contribution in [2.45, 2.75) is 31.6 Å². The van der Waals surface area contributed by atoms with Crippen LogP contribution in [0.1, 0.15) is 30.9 Å². The van der Waals surface area contributed by atoms with E-state index >= 15 is 0 Å². The largest absolute Gasteiger partial charge is 0.284 e. The highest BCUT2D eigenvalue weighted by atomic mass is 79.9. The van der Waals surface area contributed by atoms with Gasteiger partial charge in [-0.3, -0.25) is 9.69 Å². The standard InChI is InChI=1S/C20H20BrN3OS/c1-2-6-18-19(25)24(14-16-7-4-3-5-8-16)20(26-18)23-22-13-15-9-11-17(21)12-10-15/h3-5,7-13,18H,2,6,14H2,1H3/b22-13-,23-20+/t18-/m0/s1. The third-order valence-electron chi connectivity index (χ3n) is 3.97. The number of thioether (sulfide) groups is 1. The van der Waals surface area contributed by atoms with E-state index < -0.39 is 0 Å². The normalized spacial score (nSPS) is 19.0. The van der Waals surface area contributed by atoms with Crippen molar-refractivity contribution in [3.8, 4) is 0 Å². The van der Waals surface area contributed by atoms with Crippen LogP contribution in [-0.4, -0.2) is 27.4 Å². The minimum atomic E-state index is -0.0645. The lowest BCUT2D eigenvalue weighted by molar-refractivity contribution is -0.126. The maximum Gasteiger partial charge on any atom is 0.242 e. The van der Waals surface area contributed by atoms with Crippen molar-refractivity contribution in [1.82, 2.24) is 4.90 Å². The van der Waals surface area contributed by atoms with Crippen LogP contribution in [0.3, 0.4) is 0 Å². The molecule has 3 rings (SSSR count). The summed E-state index contributed by atoms with van der Waals surface area (Å²) in [5.74, 6) is 0.123. The lowest BCUT2D eigenvalue weighted by Gasteiger charge is -2.15. The molecule has 0 radical (unpaired) electrons. The SMILES string of the molecule is CCC[C@@H]1S/C(=N/N=C\c2ccc(Br)cc2)N(Cc2ccccc2)C1=O. The van der Waals surface area contributed by atoms with Gasteiger partial charge in [0, 0.05) is 4.47 Å². The highest BCUT2D eigenvalue weighted by Gasteiger charge is 2.37. The van der Waals surface area contributed by atoms with Gasteiger partial charge in [0.05, 0.1) is 18.0 Å². The number of carbonyl (C=O) groups excluding carboxylic acids is 1. The molecule has 0 aliphatic carbocycles. The Labute approximate surface area is 166 Å². The number of hydrogen-bond acceptors (Lipinski definition) is 4. The van der Waals surface area contributed by atoms with Gasteiger partial charge < -0.3 is 0 Å². The fourth-order valence-electron chi connectivity index (χ4n) is 2.64. The van der Waals surface area contributed by atoms with E-state index in [0.717, 1.165) is 28.4 Å². The van der Waals surface area contributed by atoms with Crippen LogP contribution in [0.4, 0.5) is 0 Å². The Hall–Kier alpha value is -1.92. The predicted molar refractivity (Wildman–Crippen MR) is 112 cm³/mol. The van der Waals surface area contributed by atoms with Gasteiger partial charge in [-0.05, 0) is 29.7 Å². The van der Waals surface area contributed by atoms with Gasteiger partial charge in [-0.1, -0.05) is 83.5 Å². The summed E-state index contributed by atoms with van der Waals surface area (Å²) in [7, 11) is 0. The van der Waals surface area contributed by atoms with Crippen LogP contribution in [-0.2, 0) is 11.3 Å². The van der Waals surface area contributed by atoms with Crippen LogP contribution in [0.5, 0.6) is 0 Å². The lowest BCUT2D eigenvalue weighted by Crippen LogP contribution is -2.31. The van der Waals surface area contributed by atoms with Gasteiger partial charge in [0.1, 0.15) is 0 Å². The molecule has 0 bridgehead atoms. The second-order valence-corrected chi connectivity index (χ2v) is 8.07. The number of nitrogens with zero attached hydrogens (tertiary/aromatic N) is 3. The molecule has 1 aliphatic rings. The maximum absolute atomic E-state index is 12.7. The molecule has 0 N–H and O–H groups in total. The van der Waals surface area contributed by atoms with Gasteiger partial charge in [-0.15, -0.1) is 5.10 Å². The molecule has 26 heavy (non-hydrogen) atoms. The quantitative estimate of drug-likeness (QED) is 0.474. The third-order valence-corrected chi connectivity index (χ3v) is 5.74. The number of amides is 1. The van der Waals surface area contributed by atoms with Crippen LogP contribution in [0, 0.1) is 0 Å². The lowest BCUT2D eigenvalue weighted by atomic mass is 10.2. The van der Waals surface area contributed by atoms with Crippen LogP contribution < -0.4 is 0 Å². The van der Waals surface area contributed by atoms with Crippen molar-refractivity contribution in [2.75, 3.05) is 0 Å². The first-order valence-electron chi connectivity index (χ1n) is 8.56. The Morgan fingerprint density at radius 2 is 1.88 bits per heavy atom. The summed E-state index contributed by atoms with van der Waals surface area (Å²) in [6, 6.07) is 17.8. The summed E-state index contributed by atoms with van der Waals surface area (Å²) in [6.45, 7) is 2.62. The maximum atomic E-state index is 12.7. The van der Waals surface area contributed by atoms with Crippen LogP contribution >= 0.6 is 27.7 Å². The number of benzene rings is 2. The van der Waals surface area contributed by atoms with E-state index in [4.69, 9.17) is 0 Å². The number of rotatable bonds is 6. The molecule has 6 heteroatoms. The molecule has 1 saturated heterocycles. The van der Waals surface area contributed by atoms with E-state index in [2.05, 4.69) is 33.1 Å². The minimum absolute atomic E-state index is 0.0645. The molecule has 0 spiro atoms. The van der Waals surface area contributed by atoms with Crippen molar-refractivity contribution in [3.05, 3.63) is 70.2 Å². The first-order valence-corrected chi connectivity index (χ1v) is 10.2. The van der Waals surface area contributed by atoms with Crippen molar-refractivity contribution < 1.29 is 4.79 Å². The highest BCUT2D eigenvalue weighted by Crippen LogP contribution is 2.31. The molecule has 0 aromatic heterocycles. The van der Waals surface area contributed by atoms with Crippen molar-refractivity contribution in [3.63, 3.8) is 0 Å². The van der Waals surface area contributed by atoms with Gasteiger partial charge in [0.15, 0.2) is 5.17 Å². The van der Waals surface area contributed by atoms with Crippen LogP contribution in [0.25, 0.3) is 0 Å². The summed E-state index contributed by atoms with van der Waals surface area (Å²) in [5, 5.41) is 9.16. The zero-order chi connectivity index (χ0) is 18.4. The summed E-state index contributed by atoms with van der Waals surface area (Å²) in [5.41, 5.74) is 2.05. The highest BCUT2D eigenvalue weighted by molar-refractivity contribution is 9.10. The molecule has 1 fully saturated rings. The molecule has 0 unspecified atom stereocenters. The summed E-state index contributed by atoms with van der Waals surface area (Å²) in [6.07, 6.45) is 3.53. The second-order valence-electron chi connectivity index (χ2n) is 5.98. The summed E-state index contributed by atoms with van der Waals surface area (Å²) < 4.78 is 1.02. The van der Waals surface area contributed by atoms with Crippen molar-refractivity contribution in [1.29, 1.82) is 0 Å². The first-order chi connectivity index (χ1) is 12.7. The Kier molecular flexibility index (Phi) is 6.63. The number of amidine groups is 1. The van der Waals surface area contributed by atoms with Gasteiger partial charge in [-0.25, -0.2) is 0 Å². The fourth-order valence-corrected chi connectivity index (χ4v) is 4.11. The predicted octanol–water partition coefficient (Wildman–Crippen LogP) is 5.08. The molecule has 2 aromatic rings. The first kappa shape index (κ1) is 18.9. The molecular formula is C20H20BrN3OS.